The van der Waals surface area contributed by atoms with Crippen molar-refractivity contribution in [1.29, 1.82) is 0 Å². The van der Waals surface area contributed by atoms with Crippen molar-refractivity contribution in [3.63, 3.8) is 0 Å². The summed E-state index contributed by atoms with van der Waals surface area (Å²) >= 11 is 0. The number of para-hydroxylation sites is 2. The molecule has 6 heteroatoms. The van der Waals surface area contributed by atoms with E-state index in [4.69, 9.17) is 4.74 Å². The number of carbonyl (C=O) groups excluding carboxylic acids is 1. The number of hydrogen-bond acceptors (Lipinski definition) is 5. The second-order valence-corrected chi connectivity index (χ2v) is 7.05. The number of nitrogens with one attached hydrogen (secondary N) is 1. The van der Waals surface area contributed by atoms with Gasteiger partial charge in [-0.1, -0.05) is 24.3 Å². The number of piperidine rings is 1. The largest absolute Gasteiger partial charge is 0.495 e. The third kappa shape index (κ3) is 4.37. The maximum Gasteiger partial charge on any atom is 0.255 e. The number of nitrogens with zero attached hydrogens (tertiary/aromatic N) is 3. The Morgan fingerprint density at radius 1 is 0.966 bits per heavy atom. The zero-order valence-corrected chi connectivity index (χ0v) is 16.5. The fraction of sp³-hybridized carbons (Fsp3) is 0.261. The molecular formula is C23H24N4O2. The molecule has 0 radical (unpaired) electrons. The molecule has 0 bridgehead atoms. The third-order valence-electron chi connectivity index (χ3n) is 5.09. The molecule has 3 aromatic rings. The first kappa shape index (κ1) is 18.9. The molecule has 0 atom stereocenters. The molecule has 29 heavy (non-hydrogen) atoms. The second-order valence-electron chi connectivity index (χ2n) is 7.05. The van der Waals surface area contributed by atoms with Gasteiger partial charge in [0.15, 0.2) is 0 Å². The Morgan fingerprint density at radius 2 is 1.72 bits per heavy atom. The van der Waals surface area contributed by atoms with Crippen molar-refractivity contribution in [3.05, 3.63) is 66.5 Å². The van der Waals surface area contributed by atoms with Crippen LogP contribution in [0.2, 0.25) is 0 Å². The molecule has 1 N–H and O–H groups in total. The summed E-state index contributed by atoms with van der Waals surface area (Å²) in [5.41, 5.74) is 2.99. The number of carbonyl (C=O) groups is 1. The van der Waals surface area contributed by atoms with Gasteiger partial charge in [-0.15, -0.1) is 0 Å². The summed E-state index contributed by atoms with van der Waals surface area (Å²) in [6.07, 6.45) is 7.31. The van der Waals surface area contributed by atoms with Gasteiger partial charge in [0.05, 0.1) is 12.8 Å². The monoisotopic (exact) mass is 388 g/mol. The Morgan fingerprint density at radius 3 is 2.48 bits per heavy atom. The van der Waals surface area contributed by atoms with Crippen LogP contribution in [-0.4, -0.2) is 36.1 Å². The highest BCUT2D eigenvalue weighted by Gasteiger charge is 2.14. The standard InChI is InChI=1S/C23H24N4O2/c1-29-21-11-4-3-10-20(21)26-22(28)18-9-7-8-17(14-18)19-15-24-23(25-16-19)27-12-5-2-6-13-27/h3-4,7-11,14-16H,2,5-6,12-13H2,1H3,(H,26,28). The van der Waals surface area contributed by atoms with Gasteiger partial charge in [-0.3, -0.25) is 4.79 Å². The highest BCUT2D eigenvalue weighted by molar-refractivity contribution is 6.05. The topological polar surface area (TPSA) is 67.3 Å². The summed E-state index contributed by atoms with van der Waals surface area (Å²) in [4.78, 5) is 24.0. The third-order valence-corrected chi connectivity index (χ3v) is 5.09. The van der Waals surface area contributed by atoms with Gasteiger partial charge in [-0.25, -0.2) is 9.97 Å². The van der Waals surface area contributed by atoms with Crippen LogP contribution >= 0.6 is 0 Å². The van der Waals surface area contributed by atoms with Gasteiger partial charge >= 0.3 is 0 Å². The molecule has 1 fully saturated rings. The van der Waals surface area contributed by atoms with Gasteiger partial charge in [-0.2, -0.15) is 0 Å². The number of methoxy groups -OCH3 is 1. The molecular weight excluding hydrogens is 364 g/mol. The molecule has 0 saturated carbocycles. The highest BCUT2D eigenvalue weighted by Crippen LogP contribution is 2.25. The van der Waals surface area contributed by atoms with Crippen molar-refractivity contribution in [3.8, 4) is 16.9 Å². The van der Waals surface area contributed by atoms with Crippen molar-refractivity contribution in [2.45, 2.75) is 19.3 Å². The van der Waals surface area contributed by atoms with Gasteiger partial charge in [0.1, 0.15) is 5.75 Å². The van der Waals surface area contributed by atoms with Crippen LogP contribution in [0, 0.1) is 0 Å². The van der Waals surface area contributed by atoms with Crippen LogP contribution in [0.3, 0.4) is 0 Å². The summed E-state index contributed by atoms with van der Waals surface area (Å²) in [5.74, 6) is 1.21. The van der Waals surface area contributed by atoms with Crippen LogP contribution in [-0.2, 0) is 0 Å². The molecule has 1 aromatic heterocycles. The average Bonchev–Trinajstić information content (AvgIpc) is 2.80. The lowest BCUT2D eigenvalue weighted by Crippen LogP contribution is -2.30. The summed E-state index contributed by atoms with van der Waals surface area (Å²) < 4.78 is 5.30. The van der Waals surface area contributed by atoms with Crippen LogP contribution in [0.25, 0.3) is 11.1 Å². The van der Waals surface area contributed by atoms with Gasteiger partial charge in [-0.05, 0) is 49.1 Å². The van der Waals surface area contributed by atoms with Gasteiger partial charge in [0.2, 0.25) is 5.95 Å². The van der Waals surface area contributed by atoms with Gasteiger partial charge in [0, 0.05) is 36.6 Å². The zero-order chi connectivity index (χ0) is 20.1. The average molecular weight is 388 g/mol. The first-order valence-electron chi connectivity index (χ1n) is 9.86. The van der Waals surface area contributed by atoms with E-state index < -0.39 is 0 Å². The van der Waals surface area contributed by atoms with Crippen molar-refractivity contribution in [2.75, 3.05) is 30.4 Å². The van der Waals surface area contributed by atoms with E-state index in [0.717, 1.165) is 30.2 Å². The van der Waals surface area contributed by atoms with E-state index >= 15 is 0 Å². The number of aromatic nitrogens is 2. The number of amides is 1. The van der Waals surface area contributed by atoms with E-state index in [2.05, 4.69) is 20.2 Å². The Labute approximate surface area is 170 Å². The SMILES string of the molecule is COc1ccccc1NC(=O)c1cccc(-c2cnc(N3CCCCC3)nc2)c1. The summed E-state index contributed by atoms with van der Waals surface area (Å²) in [6.45, 7) is 2.02. The van der Waals surface area contributed by atoms with E-state index in [1.807, 2.05) is 54.9 Å². The molecule has 1 amide bonds. The smallest absolute Gasteiger partial charge is 0.255 e. The summed E-state index contributed by atoms with van der Waals surface area (Å²) in [5, 5.41) is 2.91. The highest BCUT2D eigenvalue weighted by atomic mass is 16.5. The molecule has 2 aromatic carbocycles. The number of rotatable bonds is 5. The lowest BCUT2D eigenvalue weighted by Gasteiger charge is -2.26. The minimum atomic E-state index is -0.192. The van der Waals surface area contributed by atoms with Crippen LogP contribution in [0.4, 0.5) is 11.6 Å². The lowest BCUT2D eigenvalue weighted by molar-refractivity contribution is 0.102. The molecule has 4 rings (SSSR count). The van der Waals surface area contributed by atoms with Crippen LogP contribution in [0.1, 0.15) is 29.6 Å². The fourth-order valence-corrected chi connectivity index (χ4v) is 3.51. The predicted octanol–water partition coefficient (Wildman–Crippen LogP) is 4.39. The van der Waals surface area contributed by atoms with Gasteiger partial charge < -0.3 is 15.0 Å². The normalized spacial score (nSPS) is 13.8. The maximum absolute atomic E-state index is 12.7. The van der Waals surface area contributed by atoms with Gasteiger partial charge in [0.25, 0.3) is 5.91 Å². The van der Waals surface area contributed by atoms with E-state index in [0.29, 0.717) is 17.0 Å². The first-order valence-corrected chi connectivity index (χ1v) is 9.86. The molecule has 2 heterocycles. The quantitative estimate of drug-likeness (QED) is 0.702. The lowest BCUT2D eigenvalue weighted by atomic mass is 10.1. The maximum atomic E-state index is 12.7. The van der Waals surface area contributed by atoms with E-state index in [-0.39, 0.29) is 5.91 Å². The Kier molecular flexibility index (Phi) is 5.70. The number of ether oxygens (including phenoxy) is 1. The first-order chi connectivity index (χ1) is 14.2. The predicted molar refractivity (Wildman–Crippen MR) is 114 cm³/mol. The molecule has 148 valence electrons. The zero-order valence-electron chi connectivity index (χ0n) is 16.5. The van der Waals surface area contributed by atoms with Crippen molar-refractivity contribution >= 4 is 17.5 Å². The van der Waals surface area contributed by atoms with E-state index in [9.17, 15) is 4.79 Å². The second kappa shape index (κ2) is 8.73. The fourth-order valence-electron chi connectivity index (χ4n) is 3.51. The molecule has 1 aliphatic rings. The number of benzene rings is 2. The van der Waals surface area contributed by atoms with E-state index in [1.54, 1.807) is 13.2 Å². The van der Waals surface area contributed by atoms with Crippen molar-refractivity contribution in [1.82, 2.24) is 9.97 Å². The molecule has 0 unspecified atom stereocenters. The van der Waals surface area contributed by atoms with Crippen molar-refractivity contribution < 1.29 is 9.53 Å². The Hall–Kier alpha value is -3.41. The molecule has 1 saturated heterocycles. The minimum Gasteiger partial charge on any atom is -0.495 e. The molecule has 0 spiro atoms. The number of anilines is 2. The van der Waals surface area contributed by atoms with E-state index in [1.165, 1.54) is 19.3 Å². The number of hydrogen-bond donors (Lipinski definition) is 1. The van der Waals surface area contributed by atoms with Crippen LogP contribution < -0.4 is 15.0 Å². The Bertz CT molecular complexity index is 982. The summed E-state index contributed by atoms with van der Waals surface area (Å²) in [6, 6.07) is 14.8. The summed E-state index contributed by atoms with van der Waals surface area (Å²) in [7, 11) is 1.58. The van der Waals surface area contributed by atoms with Crippen LogP contribution in [0.5, 0.6) is 5.75 Å². The van der Waals surface area contributed by atoms with Crippen LogP contribution in [0.15, 0.2) is 60.9 Å². The molecule has 0 aliphatic carbocycles. The molecule has 6 nitrogen and oxygen atoms in total. The van der Waals surface area contributed by atoms with Crippen molar-refractivity contribution in [2.24, 2.45) is 0 Å². The molecule has 1 aliphatic heterocycles. The Balaban J connectivity index is 1.51. The minimum absolute atomic E-state index is 0.192.